The summed E-state index contributed by atoms with van der Waals surface area (Å²) in [6.45, 7) is 5.97. The van der Waals surface area contributed by atoms with E-state index >= 15 is 0 Å². The van der Waals surface area contributed by atoms with E-state index < -0.39 is 42.5 Å². The first-order valence-corrected chi connectivity index (χ1v) is 5.47. The number of carbonyl (C=O) groups is 2. The fourth-order valence-corrected chi connectivity index (χ4v) is 1.13. The van der Waals surface area contributed by atoms with Crippen molar-refractivity contribution in [3.8, 4) is 0 Å². The van der Waals surface area contributed by atoms with Crippen molar-refractivity contribution in [2.24, 2.45) is 0 Å². The Hall–Kier alpha value is -1.27. The van der Waals surface area contributed by atoms with Gasteiger partial charge in [0.2, 0.25) is 0 Å². The standard InChI is InChI=1S/C11H18F3NO3/c1-7(16)8(5-6-11(12,13)14)15-9(17)18-10(2,3)4/h8H,5-6H2,1-4H3,(H,15,17). The van der Waals surface area contributed by atoms with Gasteiger partial charge in [-0.15, -0.1) is 0 Å². The van der Waals surface area contributed by atoms with Crippen LogP contribution in [0.5, 0.6) is 0 Å². The molecule has 0 spiro atoms. The molecule has 1 unspecified atom stereocenters. The monoisotopic (exact) mass is 269 g/mol. The number of Topliss-reactive ketones (excluding diaryl/α,β-unsaturated/α-hetero) is 1. The van der Waals surface area contributed by atoms with Gasteiger partial charge in [-0.05, 0) is 34.1 Å². The highest BCUT2D eigenvalue weighted by Gasteiger charge is 2.30. The summed E-state index contributed by atoms with van der Waals surface area (Å²) in [5.74, 6) is -0.537. The van der Waals surface area contributed by atoms with Gasteiger partial charge in [0.15, 0.2) is 5.78 Å². The number of ether oxygens (including phenoxy) is 1. The van der Waals surface area contributed by atoms with Gasteiger partial charge in [-0.25, -0.2) is 4.79 Å². The summed E-state index contributed by atoms with van der Waals surface area (Å²) in [5.41, 5.74) is -0.768. The second-order valence-corrected chi connectivity index (χ2v) is 4.96. The van der Waals surface area contributed by atoms with Crippen molar-refractivity contribution in [3.63, 3.8) is 0 Å². The van der Waals surface area contributed by atoms with Crippen molar-refractivity contribution in [3.05, 3.63) is 0 Å². The minimum absolute atomic E-state index is 0.488. The number of carbonyl (C=O) groups excluding carboxylic acids is 2. The molecule has 1 N–H and O–H groups in total. The minimum Gasteiger partial charge on any atom is -0.444 e. The third-order valence-corrected chi connectivity index (χ3v) is 1.90. The molecular formula is C11H18F3NO3. The Morgan fingerprint density at radius 3 is 2.06 bits per heavy atom. The molecule has 0 aliphatic heterocycles. The van der Waals surface area contributed by atoms with Crippen LogP contribution in [0.25, 0.3) is 0 Å². The van der Waals surface area contributed by atoms with Gasteiger partial charge in [-0.3, -0.25) is 4.79 Å². The van der Waals surface area contributed by atoms with E-state index in [1.165, 1.54) is 0 Å². The van der Waals surface area contributed by atoms with Crippen molar-refractivity contribution < 1.29 is 27.5 Å². The summed E-state index contributed by atoms with van der Waals surface area (Å²) in [7, 11) is 0. The lowest BCUT2D eigenvalue weighted by Gasteiger charge is -2.22. The zero-order valence-electron chi connectivity index (χ0n) is 10.9. The number of alkyl halides is 3. The molecule has 0 fully saturated rings. The molecule has 0 rings (SSSR count). The molecule has 0 aromatic rings. The maximum atomic E-state index is 12.0. The maximum Gasteiger partial charge on any atom is 0.408 e. The largest absolute Gasteiger partial charge is 0.444 e. The Morgan fingerprint density at radius 1 is 1.22 bits per heavy atom. The third kappa shape index (κ3) is 8.83. The van der Waals surface area contributed by atoms with Gasteiger partial charge in [0, 0.05) is 6.42 Å². The predicted octanol–water partition coefficient (Wildman–Crippen LogP) is 2.81. The summed E-state index contributed by atoms with van der Waals surface area (Å²) < 4.78 is 41.0. The second kappa shape index (κ2) is 6.06. The summed E-state index contributed by atoms with van der Waals surface area (Å²) in [5, 5.41) is 2.13. The molecule has 18 heavy (non-hydrogen) atoms. The van der Waals surface area contributed by atoms with Crippen molar-refractivity contribution >= 4 is 11.9 Å². The average Bonchev–Trinajstić information content (AvgIpc) is 2.06. The molecular weight excluding hydrogens is 251 g/mol. The highest BCUT2D eigenvalue weighted by atomic mass is 19.4. The number of alkyl carbamates (subject to hydrolysis) is 1. The SMILES string of the molecule is CC(=O)C(CCC(F)(F)F)NC(=O)OC(C)(C)C. The minimum atomic E-state index is -4.36. The topological polar surface area (TPSA) is 55.4 Å². The van der Waals surface area contributed by atoms with Gasteiger partial charge in [0.25, 0.3) is 0 Å². The zero-order valence-corrected chi connectivity index (χ0v) is 10.9. The van der Waals surface area contributed by atoms with Crippen LogP contribution in [0.1, 0.15) is 40.5 Å². The number of hydrogen-bond acceptors (Lipinski definition) is 3. The molecule has 1 amide bonds. The molecule has 0 bridgehead atoms. The van der Waals surface area contributed by atoms with Crippen molar-refractivity contribution in [2.75, 3.05) is 0 Å². The number of amides is 1. The van der Waals surface area contributed by atoms with Crippen LogP contribution in [0.2, 0.25) is 0 Å². The van der Waals surface area contributed by atoms with Crippen LogP contribution in [-0.2, 0) is 9.53 Å². The number of halogens is 3. The normalized spacial score (nSPS) is 13.9. The van der Waals surface area contributed by atoms with Crippen LogP contribution in [0.15, 0.2) is 0 Å². The first-order chi connectivity index (χ1) is 7.91. The Labute approximate surface area is 104 Å². The third-order valence-electron chi connectivity index (χ3n) is 1.90. The first-order valence-electron chi connectivity index (χ1n) is 5.47. The lowest BCUT2D eigenvalue weighted by atomic mass is 10.1. The maximum absolute atomic E-state index is 12.0. The van der Waals surface area contributed by atoms with E-state index in [9.17, 15) is 22.8 Å². The highest BCUT2D eigenvalue weighted by molar-refractivity contribution is 5.85. The van der Waals surface area contributed by atoms with Crippen molar-refractivity contribution in [1.29, 1.82) is 0 Å². The van der Waals surface area contributed by atoms with Gasteiger partial charge in [-0.2, -0.15) is 13.2 Å². The molecule has 7 heteroatoms. The lowest BCUT2D eigenvalue weighted by molar-refractivity contribution is -0.138. The van der Waals surface area contributed by atoms with Gasteiger partial charge in [0.05, 0.1) is 6.04 Å². The fourth-order valence-electron chi connectivity index (χ4n) is 1.13. The predicted molar refractivity (Wildman–Crippen MR) is 59.1 cm³/mol. The molecule has 106 valence electrons. The summed E-state index contributed by atoms with van der Waals surface area (Å²) in [6, 6.07) is -1.18. The molecule has 4 nitrogen and oxygen atoms in total. The molecule has 0 aliphatic carbocycles. The van der Waals surface area contributed by atoms with Crippen LogP contribution < -0.4 is 5.32 Å². The molecule has 1 atom stereocenters. The summed E-state index contributed by atoms with van der Waals surface area (Å²) in [6.07, 6.45) is -6.88. The fraction of sp³-hybridized carbons (Fsp3) is 0.818. The molecule has 0 saturated heterocycles. The van der Waals surface area contributed by atoms with E-state index in [1.54, 1.807) is 20.8 Å². The molecule has 0 aromatic heterocycles. The Bertz CT molecular complexity index is 308. The Kier molecular flexibility index (Phi) is 5.63. The molecule has 0 saturated carbocycles. The van der Waals surface area contributed by atoms with Crippen LogP contribution in [-0.4, -0.2) is 29.7 Å². The molecule has 0 aromatic carbocycles. The van der Waals surface area contributed by atoms with Gasteiger partial charge < -0.3 is 10.1 Å². The van der Waals surface area contributed by atoms with Gasteiger partial charge in [0.1, 0.15) is 5.60 Å². The number of hydrogen-bond donors (Lipinski definition) is 1. The first kappa shape index (κ1) is 16.7. The number of nitrogens with one attached hydrogen (secondary N) is 1. The van der Waals surface area contributed by atoms with Crippen LogP contribution in [0, 0.1) is 0 Å². The van der Waals surface area contributed by atoms with E-state index in [2.05, 4.69) is 5.32 Å². The number of ketones is 1. The van der Waals surface area contributed by atoms with E-state index in [0.29, 0.717) is 0 Å². The Balaban J connectivity index is 4.37. The molecule has 0 heterocycles. The van der Waals surface area contributed by atoms with Gasteiger partial charge >= 0.3 is 12.3 Å². The summed E-state index contributed by atoms with van der Waals surface area (Å²) in [4.78, 5) is 22.5. The smallest absolute Gasteiger partial charge is 0.408 e. The quantitative estimate of drug-likeness (QED) is 0.853. The summed E-state index contributed by atoms with van der Waals surface area (Å²) >= 11 is 0. The number of rotatable bonds is 4. The van der Waals surface area contributed by atoms with Crippen molar-refractivity contribution in [1.82, 2.24) is 5.32 Å². The van der Waals surface area contributed by atoms with Crippen molar-refractivity contribution in [2.45, 2.75) is 58.4 Å². The zero-order chi connectivity index (χ0) is 14.6. The van der Waals surface area contributed by atoms with E-state index in [1.807, 2.05) is 0 Å². The molecule has 0 aliphatic rings. The van der Waals surface area contributed by atoms with Crippen LogP contribution >= 0.6 is 0 Å². The van der Waals surface area contributed by atoms with Gasteiger partial charge in [-0.1, -0.05) is 0 Å². The van der Waals surface area contributed by atoms with Crippen LogP contribution in [0.4, 0.5) is 18.0 Å². The Morgan fingerprint density at radius 2 is 1.72 bits per heavy atom. The molecule has 0 radical (unpaired) electrons. The highest BCUT2D eigenvalue weighted by Crippen LogP contribution is 2.22. The van der Waals surface area contributed by atoms with E-state index in [-0.39, 0.29) is 0 Å². The second-order valence-electron chi connectivity index (χ2n) is 4.96. The average molecular weight is 269 g/mol. The van der Waals surface area contributed by atoms with Crippen LogP contribution in [0.3, 0.4) is 0 Å². The lowest BCUT2D eigenvalue weighted by Crippen LogP contribution is -2.43. The van der Waals surface area contributed by atoms with E-state index in [0.717, 1.165) is 6.92 Å². The van der Waals surface area contributed by atoms with E-state index in [4.69, 9.17) is 4.74 Å².